The maximum absolute atomic E-state index is 13.4. The number of piperidine rings is 1. The summed E-state index contributed by atoms with van der Waals surface area (Å²) in [5.41, 5.74) is 0. The molecule has 1 fully saturated rings. The van der Waals surface area contributed by atoms with Crippen LogP contribution >= 0.6 is 11.6 Å². The smallest absolute Gasteiger partial charge is 0.407 e. The van der Waals surface area contributed by atoms with Gasteiger partial charge in [-0.05, 0) is 12.1 Å². The van der Waals surface area contributed by atoms with Gasteiger partial charge in [0.25, 0.3) is 5.92 Å². The van der Waals surface area contributed by atoms with Gasteiger partial charge in [0.05, 0.1) is 12.6 Å². The van der Waals surface area contributed by atoms with Crippen molar-refractivity contribution in [2.75, 3.05) is 18.4 Å². The van der Waals surface area contributed by atoms with Crippen LogP contribution in [0.2, 0.25) is 5.15 Å². The van der Waals surface area contributed by atoms with E-state index in [2.05, 4.69) is 15.5 Å². The number of hydrogen-bond acceptors (Lipinski definition) is 4. The number of nitrogens with one attached hydrogen (secondary N) is 1. The van der Waals surface area contributed by atoms with Crippen LogP contribution in [-0.4, -0.2) is 51.4 Å². The van der Waals surface area contributed by atoms with Gasteiger partial charge in [-0.3, -0.25) is 0 Å². The minimum absolute atomic E-state index is 0.0325. The molecule has 2 heterocycles. The average Bonchev–Trinajstić information content (AvgIpc) is 2.30. The van der Waals surface area contributed by atoms with E-state index in [-0.39, 0.29) is 17.5 Å². The Balaban J connectivity index is 2.06. The summed E-state index contributed by atoms with van der Waals surface area (Å²) in [6.07, 6.45) is -1.82. The van der Waals surface area contributed by atoms with Gasteiger partial charge in [0.15, 0.2) is 5.15 Å². The van der Waals surface area contributed by atoms with Gasteiger partial charge < -0.3 is 15.3 Å². The quantitative estimate of drug-likeness (QED) is 0.871. The molecule has 1 saturated heterocycles. The van der Waals surface area contributed by atoms with E-state index in [4.69, 9.17) is 16.7 Å². The van der Waals surface area contributed by atoms with Gasteiger partial charge in [-0.25, -0.2) is 13.6 Å². The lowest BCUT2D eigenvalue weighted by Crippen LogP contribution is -2.53. The molecule has 0 bridgehead atoms. The number of aromatic nitrogens is 2. The van der Waals surface area contributed by atoms with Crippen molar-refractivity contribution < 1.29 is 18.7 Å². The monoisotopic (exact) mass is 292 g/mol. The second-order valence-corrected chi connectivity index (χ2v) is 4.69. The Kier molecular flexibility index (Phi) is 3.70. The Labute approximate surface area is 112 Å². The van der Waals surface area contributed by atoms with Crippen molar-refractivity contribution in [1.29, 1.82) is 0 Å². The second-order valence-electron chi connectivity index (χ2n) is 4.31. The van der Waals surface area contributed by atoms with Crippen LogP contribution in [0.4, 0.5) is 19.4 Å². The molecule has 1 amide bonds. The van der Waals surface area contributed by atoms with Crippen molar-refractivity contribution >= 4 is 23.5 Å². The Morgan fingerprint density at radius 3 is 2.84 bits per heavy atom. The lowest BCUT2D eigenvalue weighted by atomic mass is 10.0. The van der Waals surface area contributed by atoms with Crippen molar-refractivity contribution in [3.8, 4) is 0 Å². The summed E-state index contributed by atoms with van der Waals surface area (Å²) in [7, 11) is 0. The third-order valence-corrected chi connectivity index (χ3v) is 2.86. The molecule has 0 spiro atoms. The molecule has 6 nitrogen and oxygen atoms in total. The predicted molar refractivity (Wildman–Crippen MR) is 63.6 cm³/mol. The number of likely N-dealkylation sites (tertiary alicyclic amines) is 1. The summed E-state index contributed by atoms with van der Waals surface area (Å²) in [6, 6.07) is 2.23. The van der Waals surface area contributed by atoms with Crippen LogP contribution < -0.4 is 5.32 Å². The number of carbonyl (C=O) groups is 1. The molecule has 1 atom stereocenters. The fourth-order valence-electron chi connectivity index (χ4n) is 1.94. The van der Waals surface area contributed by atoms with Crippen LogP contribution in [0.25, 0.3) is 0 Å². The SMILES string of the molecule is O=C(O)N1CC(Nc2ccc(Cl)nn2)CC(F)(F)C1. The first kappa shape index (κ1) is 13.7. The average molecular weight is 293 g/mol. The molecule has 1 aromatic rings. The van der Waals surface area contributed by atoms with Crippen LogP contribution in [0.3, 0.4) is 0 Å². The molecule has 9 heteroatoms. The maximum atomic E-state index is 13.4. The fourth-order valence-corrected chi connectivity index (χ4v) is 2.04. The summed E-state index contributed by atoms with van der Waals surface area (Å²) in [4.78, 5) is 11.5. The van der Waals surface area contributed by atoms with Gasteiger partial charge in [-0.1, -0.05) is 11.6 Å². The van der Waals surface area contributed by atoms with E-state index < -0.39 is 31.0 Å². The molecule has 19 heavy (non-hydrogen) atoms. The van der Waals surface area contributed by atoms with E-state index in [1.165, 1.54) is 12.1 Å². The van der Waals surface area contributed by atoms with Gasteiger partial charge in [0.2, 0.25) is 0 Å². The lowest BCUT2D eigenvalue weighted by molar-refractivity contribution is -0.0613. The van der Waals surface area contributed by atoms with E-state index in [0.29, 0.717) is 4.90 Å². The first-order valence-electron chi connectivity index (χ1n) is 5.47. The van der Waals surface area contributed by atoms with Crippen LogP contribution in [0.5, 0.6) is 0 Å². The molecule has 0 aromatic carbocycles. The molecular formula is C10H11ClF2N4O2. The third kappa shape index (κ3) is 3.63. The molecule has 0 aliphatic carbocycles. The van der Waals surface area contributed by atoms with Crippen LogP contribution in [0.1, 0.15) is 6.42 Å². The van der Waals surface area contributed by atoms with Gasteiger partial charge in [0.1, 0.15) is 5.82 Å². The number of anilines is 1. The first-order valence-corrected chi connectivity index (χ1v) is 5.85. The van der Waals surface area contributed by atoms with Crippen LogP contribution in [-0.2, 0) is 0 Å². The van der Waals surface area contributed by atoms with Gasteiger partial charge in [0, 0.05) is 13.0 Å². The highest BCUT2D eigenvalue weighted by atomic mass is 35.5. The summed E-state index contributed by atoms with van der Waals surface area (Å²) in [5.74, 6) is -2.79. The lowest BCUT2D eigenvalue weighted by Gasteiger charge is -2.36. The molecule has 1 aliphatic rings. The Morgan fingerprint density at radius 2 is 2.26 bits per heavy atom. The fraction of sp³-hybridized carbons (Fsp3) is 0.500. The molecule has 0 saturated carbocycles. The standard InChI is InChI=1S/C10H11ClF2N4O2/c11-7-1-2-8(16-15-7)14-6-3-10(12,13)5-17(4-6)9(18)19/h1-2,6H,3-5H2,(H,14,16)(H,18,19). The third-order valence-electron chi connectivity index (χ3n) is 2.66. The van der Waals surface area contributed by atoms with Crippen molar-refractivity contribution in [2.24, 2.45) is 0 Å². The number of rotatable bonds is 2. The van der Waals surface area contributed by atoms with Crippen LogP contribution in [0, 0.1) is 0 Å². The Bertz CT molecular complexity index is 471. The molecule has 2 N–H and O–H groups in total. The number of amides is 1. The summed E-state index contributed by atoms with van der Waals surface area (Å²) in [5, 5.41) is 19.0. The van der Waals surface area contributed by atoms with Crippen molar-refractivity contribution in [3.63, 3.8) is 0 Å². The highest BCUT2D eigenvalue weighted by Crippen LogP contribution is 2.28. The minimum Gasteiger partial charge on any atom is -0.465 e. The largest absolute Gasteiger partial charge is 0.465 e. The van der Waals surface area contributed by atoms with Crippen molar-refractivity contribution in [1.82, 2.24) is 15.1 Å². The van der Waals surface area contributed by atoms with Crippen LogP contribution in [0.15, 0.2) is 12.1 Å². The first-order chi connectivity index (χ1) is 8.85. The van der Waals surface area contributed by atoms with Gasteiger partial charge >= 0.3 is 6.09 Å². The molecule has 1 aromatic heterocycles. The van der Waals surface area contributed by atoms with Crippen molar-refractivity contribution in [2.45, 2.75) is 18.4 Å². The molecule has 0 radical (unpaired) electrons. The number of hydrogen-bond donors (Lipinski definition) is 2. The predicted octanol–water partition coefficient (Wildman–Crippen LogP) is 1.93. The molecular weight excluding hydrogens is 282 g/mol. The van der Waals surface area contributed by atoms with Gasteiger partial charge in [-0.15, -0.1) is 10.2 Å². The highest BCUT2D eigenvalue weighted by molar-refractivity contribution is 6.29. The number of carboxylic acid groups (broad SMARTS) is 1. The zero-order valence-corrected chi connectivity index (χ0v) is 10.4. The van der Waals surface area contributed by atoms with E-state index >= 15 is 0 Å². The summed E-state index contributed by atoms with van der Waals surface area (Å²) < 4.78 is 26.9. The number of alkyl halides is 2. The topological polar surface area (TPSA) is 78.4 Å². The summed E-state index contributed by atoms with van der Waals surface area (Å²) in [6.45, 7) is -0.817. The van der Waals surface area contributed by atoms with Crippen molar-refractivity contribution in [3.05, 3.63) is 17.3 Å². The zero-order valence-electron chi connectivity index (χ0n) is 9.68. The van der Waals surface area contributed by atoms with E-state index in [9.17, 15) is 13.6 Å². The van der Waals surface area contributed by atoms with Gasteiger partial charge in [-0.2, -0.15) is 0 Å². The van der Waals surface area contributed by atoms with E-state index in [1.807, 2.05) is 0 Å². The normalized spacial score (nSPS) is 22.1. The highest BCUT2D eigenvalue weighted by Gasteiger charge is 2.42. The molecule has 1 unspecified atom stereocenters. The zero-order chi connectivity index (χ0) is 14.0. The molecule has 2 rings (SSSR count). The summed E-state index contributed by atoms with van der Waals surface area (Å²) >= 11 is 5.56. The Hall–Kier alpha value is -1.70. The van der Waals surface area contributed by atoms with E-state index in [1.54, 1.807) is 0 Å². The maximum Gasteiger partial charge on any atom is 0.407 e. The Morgan fingerprint density at radius 1 is 1.53 bits per heavy atom. The molecule has 104 valence electrons. The number of nitrogens with zero attached hydrogens (tertiary/aromatic N) is 3. The minimum atomic E-state index is -3.06. The number of halogens is 3. The second kappa shape index (κ2) is 5.12. The van der Waals surface area contributed by atoms with E-state index in [0.717, 1.165) is 0 Å². The molecule has 1 aliphatic heterocycles.